The molecule has 1 heterocycles. The Bertz CT molecular complexity index is 2100. The fourth-order valence-corrected chi connectivity index (χ4v) is 6.97. The van der Waals surface area contributed by atoms with Gasteiger partial charge in [0, 0.05) is 92.4 Å². The number of carbonyl (C=O) groups is 7. The summed E-state index contributed by atoms with van der Waals surface area (Å²) in [6.07, 6.45) is -0.967. The van der Waals surface area contributed by atoms with Gasteiger partial charge in [0.15, 0.2) is 0 Å². The van der Waals surface area contributed by atoms with Crippen LogP contribution in [0.2, 0.25) is 0 Å². The molecule has 1 fully saturated rings. The van der Waals surface area contributed by atoms with E-state index in [1.54, 1.807) is 36.4 Å². The molecule has 0 radical (unpaired) electrons. The Labute approximate surface area is 414 Å². The van der Waals surface area contributed by atoms with E-state index < -0.39 is 42.3 Å². The van der Waals surface area contributed by atoms with Crippen LogP contribution in [0.5, 0.6) is 0 Å². The Kier molecular flexibility index (Phi) is 26.9. The van der Waals surface area contributed by atoms with E-state index in [2.05, 4.69) is 36.0 Å². The van der Waals surface area contributed by atoms with Gasteiger partial charge in [0.25, 0.3) is 23.6 Å². The fourth-order valence-electron chi connectivity index (χ4n) is 6.97. The minimum Gasteiger partial charge on any atom is -0.465 e. The maximum atomic E-state index is 13.4. The highest BCUT2D eigenvalue weighted by molar-refractivity contribution is 6.01. The normalized spacial score (nSPS) is 13.4. The number of hydrogen-bond donors (Lipinski definition) is 3. The summed E-state index contributed by atoms with van der Waals surface area (Å²) >= 11 is 0. The molecule has 0 saturated carbocycles. The molecule has 2 aromatic rings. The van der Waals surface area contributed by atoms with Gasteiger partial charge in [0.1, 0.15) is 13.2 Å². The van der Waals surface area contributed by atoms with Gasteiger partial charge in [-0.05, 0) is 57.6 Å². The average molecular weight is 1010 g/mol. The van der Waals surface area contributed by atoms with Crippen molar-refractivity contribution in [2.45, 2.75) is 25.7 Å². The molecule has 72 heavy (non-hydrogen) atoms. The minimum absolute atomic E-state index is 0.0415. The highest BCUT2D eigenvalue weighted by Gasteiger charge is 2.34. The molecule has 4 rings (SSSR count). The van der Waals surface area contributed by atoms with Gasteiger partial charge in [-0.3, -0.25) is 28.9 Å². The number of hydrogen-bond acceptors (Lipinski definition) is 19. The van der Waals surface area contributed by atoms with Crippen LogP contribution in [-0.2, 0) is 61.9 Å². The van der Waals surface area contributed by atoms with Gasteiger partial charge in [-0.1, -0.05) is 22.4 Å². The number of nitrogens with one attached hydrogen (secondary N) is 3. The summed E-state index contributed by atoms with van der Waals surface area (Å²) in [7, 11) is 0. The lowest BCUT2D eigenvalue weighted by molar-refractivity contribution is -0.198. The lowest BCUT2D eigenvalue weighted by Crippen LogP contribution is -2.42. The number of azide groups is 2. The van der Waals surface area contributed by atoms with E-state index in [1.807, 2.05) is 0 Å². The standard InChI is InChI=1S/C45H61N11O16/c1-32(57)70-19-14-55(30-42(60)72-56-40(58)6-7-41(56)59)13-8-50-45(63)71-31-39-37-28-33(43(61)48-9-15-64-20-24-68-26-22-66-17-11-51-53-46)2-4-35(37)36-5-3-34(29-38(36)39)44(62)49-10-16-65-21-25-69-27-23-67-18-12-52-54-47/h2-5,28-29,39H,6-27,30-31H2,1H3,(H,48,61)(H,49,62)(H,50,63). The van der Waals surface area contributed by atoms with Crippen LogP contribution in [0, 0.1) is 0 Å². The number of ether oxygens (including phenoxy) is 8. The monoisotopic (exact) mass is 1010 g/mol. The summed E-state index contributed by atoms with van der Waals surface area (Å²) in [4.78, 5) is 99.6. The SMILES string of the molecule is CC(=O)OCCN(CCNC(=O)OCC1c2cc(C(=O)NCCOCCOCCOCCN=[N+]=[N-])ccc2-c2ccc(C(=O)NCCOCCOCCOCCN=[N+]=[N-])cc21)CC(=O)ON1C(=O)CCC1=O. The van der Waals surface area contributed by atoms with Crippen LogP contribution in [0.15, 0.2) is 46.6 Å². The number of amides is 5. The Morgan fingerprint density at radius 2 is 1.10 bits per heavy atom. The highest BCUT2D eigenvalue weighted by Crippen LogP contribution is 2.45. The van der Waals surface area contributed by atoms with E-state index in [0.29, 0.717) is 93.4 Å². The average Bonchev–Trinajstić information content (AvgIpc) is 3.85. The predicted molar refractivity (Wildman–Crippen MR) is 251 cm³/mol. The van der Waals surface area contributed by atoms with Crippen molar-refractivity contribution in [1.82, 2.24) is 25.9 Å². The van der Waals surface area contributed by atoms with E-state index >= 15 is 0 Å². The molecule has 1 aliphatic carbocycles. The molecule has 2 aliphatic rings. The van der Waals surface area contributed by atoms with Crippen molar-refractivity contribution >= 4 is 41.7 Å². The molecule has 5 amide bonds. The number of fused-ring (bicyclic) bond motifs is 3. The van der Waals surface area contributed by atoms with Crippen molar-refractivity contribution in [3.63, 3.8) is 0 Å². The Hall–Kier alpha value is -6.93. The van der Waals surface area contributed by atoms with Crippen LogP contribution in [0.1, 0.15) is 57.5 Å². The molecule has 0 unspecified atom stereocenters. The van der Waals surface area contributed by atoms with Crippen molar-refractivity contribution in [2.24, 2.45) is 10.2 Å². The van der Waals surface area contributed by atoms with E-state index in [9.17, 15) is 33.6 Å². The summed E-state index contributed by atoms with van der Waals surface area (Å²) in [6, 6.07) is 10.4. The topological polar surface area (TPSA) is 343 Å². The van der Waals surface area contributed by atoms with Crippen molar-refractivity contribution in [1.29, 1.82) is 0 Å². The smallest absolute Gasteiger partial charge is 0.407 e. The van der Waals surface area contributed by atoms with E-state index in [0.717, 1.165) is 11.1 Å². The first-order chi connectivity index (χ1) is 35.0. The first-order valence-electron chi connectivity index (χ1n) is 23.2. The van der Waals surface area contributed by atoms with E-state index in [4.69, 9.17) is 53.8 Å². The predicted octanol–water partition coefficient (Wildman–Crippen LogP) is 2.18. The molecule has 0 spiro atoms. The second-order valence-electron chi connectivity index (χ2n) is 15.4. The van der Waals surface area contributed by atoms with Crippen LogP contribution < -0.4 is 16.0 Å². The van der Waals surface area contributed by atoms with Crippen molar-refractivity contribution < 1.29 is 76.3 Å². The number of esters is 1. The summed E-state index contributed by atoms with van der Waals surface area (Å²) in [5.74, 6) is -4.08. The largest absolute Gasteiger partial charge is 0.465 e. The lowest BCUT2D eigenvalue weighted by Gasteiger charge is -2.22. The van der Waals surface area contributed by atoms with Gasteiger partial charge in [-0.15, -0.1) is 5.06 Å². The quantitative estimate of drug-likeness (QED) is 0.0218. The zero-order valence-corrected chi connectivity index (χ0v) is 40.1. The summed E-state index contributed by atoms with van der Waals surface area (Å²) in [5, 5.41) is 15.5. The lowest BCUT2D eigenvalue weighted by atomic mass is 9.95. The number of nitrogens with zero attached hydrogens (tertiary/aromatic N) is 8. The number of carbonyl (C=O) groups excluding carboxylic acids is 7. The fraction of sp³-hybridized carbons (Fsp3) is 0.578. The molecule has 1 aliphatic heterocycles. The number of hydroxylamine groups is 2. The molecule has 27 heteroatoms. The molecule has 2 aromatic carbocycles. The zero-order chi connectivity index (χ0) is 51.8. The maximum absolute atomic E-state index is 13.4. The van der Waals surface area contributed by atoms with Gasteiger partial charge in [-0.25, -0.2) is 9.59 Å². The number of imide groups is 1. The second kappa shape index (κ2) is 33.6. The molecule has 3 N–H and O–H groups in total. The van der Waals surface area contributed by atoms with E-state index in [-0.39, 0.29) is 96.9 Å². The first-order valence-corrected chi connectivity index (χ1v) is 23.2. The van der Waals surface area contributed by atoms with Gasteiger partial charge < -0.3 is 58.7 Å². The third-order valence-electron chi connectivity index (χ3n) is 10.4. The Morgan fingerprint density at radius 1 is 0.625 bits per heavy atom. The highest BCUT2D eigenvalue weighted by atomic mass is 16.7. The number of rotatable bonds is 37. The van der Waals surface area contributed by atoms with Gasteiger partial charge >= 0.3 is 18.0 Å². The number of alkyl carbamates (subject to hydrolysis) is 1. The van der Waals surface area contributed by atoms with Crippen LogP contribution in [0.3, 0.4) is 0 Å². The molecular formula is C45H61N11O16. The van der Waals surface area contributed by atoms with Crippen molar-refractivity contribution in [3.05, 3.63) is 79.5 Å². The summed E-state index contributed by atoms with van der Waals surface area (Å²) < 4.78 is 43.3. The third-order valence-corrected chi connectivity index (χ3v) is 10.4. The second-order valence-corrected chi connectivity index (χ2v) is 15.4. The van der Waals surface area contributed by atoms with Crippen molar-refractivity contribution in [3.8, 4) is 11.1 Å². The molecule has 0 aromatic heterocycles. The third kappa shape index (κ3) is 21.2. The van der Waals surface area contributed by atoms with Crippen molar-refractivity contribution in [2.75, 3.05) is 145 Å². The summed E-state index contributed by atoms with van der Waals surface area (Å²) in [6.45, 7) is 5.12. The van der Waals surface area contributed by atoms with E-state index in [1.165, 1.54) is 11.8 Å². The summed E-state index contributed by atoms with van der Waals surface area (Å²) in [5.41, 5.74) is 20.2. The molecule has 392 valence electrons. The van der Waals surface area contributed by atoms with Gasteiger partial charge in [0.2, 0.25) is 0 Å². The number of benzene rings is 2. The van der Waals surface area contributed by atoms with Crippen LogP contribution in [0.25, 0.3) is 32.0 Å². The Balaban J connectivity index is 1.33. The molecule has 0 bridgehead atoms. The van der Waals surface area contributed by atoms with Crippen LogP contribution in [0.4, 0.5) is 4.79 Å². The first kappa shape index (κ1) is 57.6. The molecule has 27 nitrogen and oxygen atoms in total. The molecular weight excluding hydrogens is 951 g/mol. The van der Waals surface area contributed by atoms with Crippen LogP contribution >= 0.6 is 0 Å². The minimum atomic E-state index is -0.909. The maximum Gasteiger partial charge on any atom is 0.407 e. The van der Waals surface area contributed by atoms with Gasteiger partial charge in [0.05, 0.1) is 85.8 Å². The van der Waals surface area contributed by atoms with Crippen LogP contribution in [-0.4, -0.2) is 196 Å². The zero-order valence-electron chi connectivity index (χ0n) is 40.1. The Morgan fingerprint density at radius 3 is 1.57 bits per heavy atom. The molecule has 1 saturated heterocycles. The van der Waals surface area contributed by atoms with Gasteiger partial charge in [-0.2, -0.15) is 0 Å². The molecule has 0 atom stereocenters.